The zero-order valence-corrected chi connectivity index (χ0v) is 9.62. The van der Waals surface area contributed by atoms with Crippen molar-refractivity contribution in [2.45, 2.75) is 25.9 Å². The normalized spacial score (nSPS) is 20.6. The molecule has 1 atom stereocenters. The lowest BCUT2D eigenvalue weighted by atomic mass is 10.2. The second-order valence-corrected chi connectivity index (χ2v) is 4.22. The molecular weight excluding hydrogens is 205 g/mol. The fraction of sp³-hybridized carbons (Fsp3) is 0.583. The lowest BCUT2D eigenvalue weighted by Crippen LogP contribution is -2.36. The minimum Gasteiger partial charge on any atom is -0.315 e. The Labute approximate surface area is 95.7 Å². The van der Waals surface area contributed by atoms with E-state index in [9.17, 15) is 4.39 Å². The summed E-state index contributed by atoms with van der Waals surface area (Å²) in [5.41, 5.74) is 0.953. The number of hydrogen-bond donors (Lipinski definition) is 1. The highest BCUT2D eigenvalue weighted by Crippen LogP contribution is 2.12. The third-order valence-corrected chi connectivity index (χ3v) is 3.10. The summed E-state index contributed by atoms with van der Waals surface area (Å²) in [6.45, 7) is 6.04. The molecule has 1 N–H and O–H groups in total. The summed E-state index contributed by atoms with van der Waals surface area (Å²) in [4.78, 5) is 6.25. The summed E-state index contributed by atoms with van der Waals surface area (Å²) in [6.07, 6.45) is 4.17. The molecule has 1 unspecified atom stereocenters. The first-order valence-corrected chi connectivity index (χ1v) is 5.83. The molecule has 0 aromatic carbocycles. The van der Waals surface area contributed by atoms with Gasteiger partial charge in [-0.3, -0.25) is 9.88 Å². The molecular formula is C12H18FN3. The molecule has 0 bridgehead atoms. The fourth-order valence-electron chi connectivity index (χ4n) is 2.23. The van der Waals surface area contributed by atoms with Gasteiger partial charge in [0.1, 0.15) is 5.82 Å². The Hall–Kier alpha value is -1.00. The van der Waals surface area contributed by atoms with Crippen molar-refractivity contribution in [3.8, 4) is 0 Å². The van der Waals surface area contributed by atoms with E-state index >= 15 is 0 Å². The van der Waals surface area contributed by atoms with Crippen molar-refractivity contribution in [2.24, 2.45) is 0 Å². The Morgan fingerprint density at radius 3 is 3.06 bits per heavy atom. The SMILES string of the molecule is CCN(Cc1cncc(F)c1)C1CCNC1. The predicted molar refractivity (Wildman–Crippen MR) is 61.6 cm³/mol. The second-order valence-electron chi connectivity index (χ2n) is 4.22. The molecule has 0 spiro atoms. The van der Waals surface area contributed by atoms with Crippen LogP contribution < -0.4 is 5.32 Å². The van der Waals surface area contributed by atoms with Crippen molar-refractivity contribution in [3.63, 3.8) is 0 Å². The first-order valence-electron chi connectivity index (χ1n) is 5.83. The van der Waals surface area contributed by atoms with E-state index < -0.39 is 0 Å². The Morgan fingerprint density at radius 1 is 1.56 bits per heavy atom. The van der Waals surface area contributed by atoms with Gasteiger partial charge in [0.25, 0.3) is 0 Å². The van der Waals surface area contributed by atoms with E-state index in [1.165, 1.54) is 12.6 Å². The largest absolute Gasteiger partial charge is 0.315 e. The minimum absolute atomic E-state index is 0.252. The molecule has 4 heteroatoms. The molecule has 3 nitrogen and oxygen atoms in total. The average Bonchev–Trinajstić information content (AvgIpc) is 2.79. The molecule has 2 rings (SSSR count). The number of rotatable bonds is 4. The number of hydrogen-bond acceptors (Lipinski definition) is 3. The highest BCUT2D eigenvalue weighted by molar-refractivity contribution is 5.10. The Balaban J connectivity index is 2.00. The molecule has 0 amide bonds. The maximum atomic E-state index is 13.0. The van der Waals surface area contributed by atoms with Crippen LogP contribution in [0.3, 0.4) is 0 Å². The number of likely N-dealkylation sites (N-methyl/N-ethyl adjacent to an activating group) is 1. The summed E-state index contributed by atoms with van der Waals surface area (Å²) >= 11 is 0. The first kappa shape index (κ1) is 11.5. The number of pyridine rings is 1. The molecule has 1 aromatic rings. The summed E-state index contributed by atoms with van der Waals surface area (Å²) in [6, 6.07) is 2.14. The zero-order chi connectivity index (χ0) is 11.4. The van der Waals surface area contributed by atoms with E-state index in [4.69, 9.17) is 0 Å². The molecule has 2 heterocycles. The van der Waals surface area contributed by atoms with Crippen LogP contribution in [-0.2, 0) is 6.54 Å². The van der Waals surface area contributed by atoms with Crippen LogP contribution in [0.2, 0.25) is 0 Å². The summed E-state index contributed by atoms with van der Waals surface area (Å²) in [5, 5.41) is 3.35. The van der Waals surface area contributed by atoms with Gasteiger partial charge in [-0.25, -0.2) is 4.39 Å². The van der Waals surface area contributed by atoms with Gasteiger partial charge in [-0.2, -0.15) is 0 Å². The lowest BCUT2D eigenvalue weighted by Gasteiger charge is -2.26. The van der Waals surface area contributed by atoms with Gasteiger partial charge in [0.2, 0.25) is 0 Å². The van der Waals surface area contributed by atoms with Gasteiger partial charge >= 0.3 is 0 Å². The maximum Gasteiger partial charge on any atom is 0.141 e. The predicted octanol–water partition coefficient (Wildman–Crippen LogP) is 1.40. The number of nitrogens with one attached hydrogen (secondary N) is 1. The molecule has 0 radical (unpaired) electrons. The smallest absolute Gasteiger partial charge is 0.141 e. The molecule has 0 saturated carbocycles. The average molecular weight is 223 g/mol. The van der Waals surface area contributed by atoms with Crippen LogP contribution in [0.25, 0.3) is 0 Å². The molecule has 1 fully saturated rings. The van der Waals surface area contributed by atoms with Crippen molar-refractivity contribution in [3.05, 3.63) is 29.8 Å². The summed E-state index contributed by atoms with van der Waals surface area (Å²) in [7, 11) is 0. The fourth-order valence-corrected chi connectivity index (χ4v) is 2.23. The van der Waals surface area contributed by atoms with Gasteiger partial charge in [0.05, 0.1) is 6.20 Å². The summed E-state index contributed by atoms with van der Waals surface area (Å²) in [5.74, 6) is -0.252. The van der Waals surface area contributed by atoms with Crippen LogP contribution in [0.15, 0.2) is 18.5 Å². The van der Waals surface area contributed by atoms with E-state index in [0.717, 1.165) is 31.7 Å². The van der Waals surface area contributed by atoms with E-state index in [2.05, 4.69) is 22.1 Å². The van der Waals surface area contributed by atoms with Crippen LogP contribution in [0.1, 0.15) is 18.9 Å². The van der Waals surface area contributed by atoms with Crippen LogP contribution in [0.4, 0.5) is 4.39 Å². The van der Waals surface area contributed by atoms with Gasteiger partial charge in [-0.05, 0) is 31.1 Å². The molecule has 1 aliphatic heterocycles. The van der Waals surface area contributed by atoms with E-state index in [0.29, 0.717) is 6.04 Å². The van der Waals surface area contributed by atoms with Crippen LogP contribution in [0, 0.1) is 5.82 Å². The van der Waals surface area contributed by atoms with Crippen LogP contribution in [0.5, 0.6) is 0 Å². The van der Waals surface area contributed by atoms with Gasteiger partial charge in [0, 0.05) is 25.3 Å². The number of halogens is 1. The Morgan fingerprint density at radius 2 is 2.44 bits per heavy atom. The van der Waals surface area contributed by atoms with Crippen molar-refractivity contribution in [1.82, 2.24) is 15.2 Å². The molecule has 1 saturated heterocycles. The number of aromatic nitrogens is 1. The van der Waals surface area contributed by atoms with Crippen molar-refractivity contribution < 1.29 is 4.39 Å². The third-order valence-electron chi connectivity index (χ3n) is 3.10. The lowest BCUT2D eigenvalue weighted by molar-refractivity contribution is 0.210. The van der Waals surface area contributed by atoms with E-state index in [-0.39, 0.29) is 5.82 Å². The van der Waals surface area contributed by atoms with Crippen molar-refractivity contribution in [2.75, 3.05) is 19.6 Å². The maximum absolute atomic E-state index is 13.0. The molecule has 16 heavy (non-hydrogen) atoms. The highest BCUT2D eigenvalue weighted by Gasteiger charge is 2.20. The quantitative estimate of drug-likeness (QED) is 0.836. The van der Waals surface area contributed by atoms with Gasteiger partial charge in [0.15, 0.2) is 0 Å². The highest BCUT2D eigenvalue weighted by atomic mass is 19.1. The second kappa shape index (κ2) is 5.37. The van der Waals surface area contributed by atoms with Crippen molar-refractivity contribution >= 4 is 0 Å². The summed E-state index contributed by atoms with van der Waals surface area (Å²) < 4.78 is 13.0. The van der Waals surface area contributed by atoms with E-state index in [1.807, 2.05) is 0 Å². The monoisotopic (exact) mass is 223 g/mol. The van der Waals surface area contributed by atoms with Crippen LogP contribution in [-0.4, -0.2) is 35.6 Å². The molecule has 1 aromatic heterocycles. The van der Waals surface area contributed by atoms with Gasteiger partial charge in [-0.1, -0.05) is 6.92 Å². The Kier molecular flexibility index (Phi) is 3.85. The molecule has 1 aliphatic rings. The third kappa shape index (κ3) is 2.77. The van der Waals surface area contributed by atoms with Gasteiger partial charge < -0.3 is 5.32 Å². The minimum atomic E-state index is -0.252. The number of nitrogens with zero attached hydrogens (tertiary/aromatic N) is 2. The van der Waals surface area contributed by atoms with Crippen molar-refractivity contribution in [1.29, 1.82) is 0 Å². The van der Waals surface area contributed by atoms with Crippen LogP contribution >= 0.6 is 0 Å². The molecule has 0 aliphatic carbocycles. The molecule has 88 valence electrons. The Bertz CT molecular complexity index is 337. The standard InChI is InChI=1S/C12H18FN3/c1-2-16(12-3-4-14-8-12)9-10-5-11(13)7-15-6-10/h5-7,12,14H,2-4,8-9H2,1H3. The van der Waals surface area contributed by atoms with Gasteiger partial charge in [-0.15, -0.1) is 0 Å². The first-order chi connectivity index (χ1) is 7.79. The topological polar surface area (TPSA) is 28.2 Å². The zero-order valence-electron chi connectivity index (χ0n) is 9.62. The van der Waals surface area contributed by atoms with E-state index in [1.54, 1.807) is 12.3 Å².